The fourth-order valence-corrected chi connectivity index (χ4v) is 0.568. The summed E-state index contributed by atoms with van der Waals surface area (Å²) in [6.07, 6.45) is 1.49. The van der Waals surface area contributed by atoms with Crippen LogP contribution in [-0.4, -0.2) is 5.71 Å². The zero-order chi connectivity index (χ0) is 8.15. The van der Waals surface area contributed by atoms with Gasteiger partial charge in [0.15, 0.2) is 0 Å². The Hall–Kier alpha value is -1.05. The molecule has 0 heterocycles. The molecule has 0 aliphatic rings. The van der Waals surface area contributed by atoms with Gasteiger partial charge in [0.05, 0.1) is 11.4 Å². The summed E-state index contributed by atoms with van der Waals surface area (Å²) in [5.41, 5.74) is 8.31. The second-order valence-corrected chi connectivity index (χ2v) is 2.31. The first-order valence-corrected chi connectivity index (χ1v) is 3.18. The molecule has 2 nitrogen and oxygen atoms in total. The topological polar surface area (TPSA) is 38.4 Å². The van der Waals surface area contributed by atoms with Crippen molar-refractivity contribution < 1.29 is 0 Å². The molecule has 0 aliphatic carbocycles. The predicted molar refractivity (Wildman–Crippen MR) is 45.9 cm³/mol. The van der Waals surface area contributed by atoms with E-state index in [2.05, 4.69) is 11.6 Å². The minimum Gasteiger partial charge on any atom is -0.397 e. The lowest BCUT2D eigenvalue weighted by Gasteiger charge is -2.00. The maximum absolute atomic E-state index is 5.65. The third-order valence-corrected chi connectivity index (χ3v) is 1.21. The van der Waals surface area contributed by atoms with Crippen LogP contribution in [0.3, 0.4) is 0 Å². The summed E-state index contributed by atoms with van der Waals surface area (Å²) >= 11 is 0. The van der Waals surface area contributed by atoms with Gasteiger partial charge in [-0.25, -0.2) is 0 Å². The molecule has 0 aromatic carbocycles. The molecule has 0 radical (unpaired) electrons. The fraction of sp³-hybridized carbons (Fsp3) is 0.375. The highest BCUT2D eigenvalue weighted by Crippen LogP contribution is 1.98. The van der Waals surface area contributed by atoms with E-state index >= 15 is 0 Å². The van der Waals surface area contributed by atoms with E-state index in [1.165, 1.54) is 6.20 Å². The van der Waals surface area contributed by atoms with Crippen LogP contribution in [0.1, 0.15) is 20.8 Å². The van der Waals surface area contributed by atoms with E-state index in [1.54, 1.807) is 0 Å². The summed E-state index contributed by atoms with van der Waals surface area (Å²) in [4.78, 5) is 3.94. The summed E-state index contributed by atoms with van der Waals surface area (Å²) in [5.74, 6) is 0. The van der Waals surface area contributed by atoms with Gasteiger partial charge in [-0.3, -0.25) is 4.99 Å². The first-order valence-electron chi connectivity index (χ1n) is 3.18. The van der Waals surface area contributed by atoms with Crippen molar-refractivity contribution in [2.24, 2.45) is 10.7 Å². The van der Waals surface area contributed by atoms with Crippen LogP contribution in [0.4, 0.5) is 0 Å². The van der Waals surface area contributed by atoms with Crippen LogP contribution in [0.5, 0.6) is 0 Å². The lowest BCUT2D eigenvalue weighted by Crippen LogP contribution is -2.08. The summed E-state index contributed by atoms with van der Waals surface area (Å²) in [5, 5.41) is 0. The maximum Gasteiger partial charge on any atom is 0.0600 e. The van der Waals surface area contributed by atoms with Crippen molar-refractivity contribution in [2.45, 2.75) is 20.8 Å². The third kappa shape index (κ3) is 2.49. The van der Waals surface area contributed by atoms with E-state index in [1.807, 2.05) is 20.8 Å². The Morgan fingerprint density at radius 3 is 2.20 bits per heavy atom. The van der Waals surface area contributed by atoms with Crippen molar-refractivity contribution in [2.75, 3.05) is 0 Å². The molecule has 56 valence electrons. The van der Waals surface area contributed by atoms with Gasteiger partial charge >= 0.3 is 0 Å². The van der Waals surface area contributed by atoms with Crippen LogP contribution in [0.15, 0.2) is 29.0 Å². The maximum atomic E-state index is 5.65. The summed E-state index contributed by atoms with van der Waals surface area (Å²) in [6, 6.07) is 0. The molecule has 0 fully saturated rings. The molecule has 0 spiro atoms. The Bertz CT molecular complexity index is 183. The normalized spacial score (nSPS) is 10.9. The van der Waals surface area contributed by atoms with Crippen molar-refractivity contribution in [3.8, 4) is 0 Å². The zero-order valence-corrected chi connectivity index (χ0v) is 6.81. The van der Waals surface area contributed by atoms with Gasteiger partial charge in [-0.1, -0.05) is 12.2 Å². The Morgan fingerprint density at radius 1 is 1.40 bits per heavy atom. The molecule has 0 amide bonds. The number of nitrogens with zero attached hydrogens (tertiary/aromatic N) is 1. The van der Waals surface area contributed by atoms with Crippen molar-refractivity contribution in [1.29, 1.82) is 0 Å². The number of hydrogen-bond donors (Lipinski definition) is 1. The van der Waals surface area contributed by atoms with E-state index in [0.29, 0.717) is 0 Å². The van der Waals surface area contributed by atoms with Crippen LogP contribution >= 0.6 is 0 Å². The van der Waals surface area contributed by atoms with E-state index in [4.69, 9.17) is 5.73 Å². The molecule has 2 N–H and O–H groups in total. The molecule has 0 rings (SSSR count). The summed E-state index contributed by atoms with van der Waals surface area (Å²) < 4.78 is 0. The number of hydrogen-bond acceptors (Lipinski definition) is 2. The Balaban J connectivity index is 4.51. The van der Waals surface area contributed by atoms with Gasteiger partial charge in [0.25, 0.3) is 0 Å². The third-order valence-electron chi connectivity index (χ3n) is 1.21. The minimum atomic E-state index is 0.750. The number of rotatable bonds is 2. The van der Waals surface area contributed by atoms with Gasteiger partial charge in [0.1, 0.15) is 0 Å². The van der Waals surface area contributed by atoms with Crippen LogP contribution in [0.25, 0.3) is 0 Å². The molecule has 2 heteroatoms. The van der Waals surface area contributed by atoms with Crippen molar-refractivity contribution >= 4 is 5.71 Å². The standard InChI is InChI=1S/C8H14N2/c1-5-10-7(4)8(9)6(2)3/h5H,1,9H2,2-4H3/b10-7-. The van der Waals surface area contributed by atoms with E-state index in [0.717, 1.165) is 17.0 Å². The van der Waals surface area contributed by atoms with Gasteiger partial charge in [0.2, 0.25) is 0 Å². The van der Waals surface area contributed by atoms with E-state index in [9.17, 15) is 0 Å². The minimum absolute atomic E-state index is 0.750. The monoisotopic (exact) mass is 138 g/mol. The molecule has 0 aromatic heterocycles. The highest BCUT2D eigenvalue weighted by Gasteiger charge is 1.94. The first kappa shape index (κ1) is 8.95. The summed E-state index contributed by atoms with van der Waals surface area (Å²) in [6.45, 7) is 9.25. The molecule has 0 saturated carbocycles. The molecule has 0 aliphatic heterocycles. The van der Waals surface area contributed by atoms with Crippen LogP contribution in [0, 0.1) is 0 Å². The predicted octanol–water partition coefficient (Wildman–Crippen LogP) is 1.84. The van der Waals surface area contributed by atoms with Crippen molar-refractivity contribution in [3.63, 3.8) is 0 Å². The van der Waals surface area contributed by atoms with Gasteiger partial charge in [0, 0.05) is 6.20 Å². The van der Waals surface area contributed by atoms with E-state index < -0.39 is 0 Å². The Morgan fingerprint density at radius 2 is 1.90 bits per heavy atom. The SMILES string of the molecule is C=C/N=C(/C)C(N)=C(C)C. The van der Waals surface area contributed by atoms with E-state index in [-0.39, 0.29) is 0 Å². The Labute approximate surface area is 62.1 Å². The van der Waals surface area contributed by atoms with Gasteiger partial charge in [-0.2, -0.15) is 0 Å². The summed E-state index contributed by atoms with van der Waals surface area (Å²) in [7, 11) is 0. The quantitative estimate of drug-likeness (QED) is 0.581. The van der Waals surface area contributed by atoms with Crippen LogP contribution < -0.4 is 5.73 Å². The molecular formula is C8H14N2. The second-order valence-electron chi connectivity index (χ2n) is 2.31. The Kier molecular flexibility index (Phi) is 3.47. The van der Waals surface area contributed by atoms with Gasteiger partial charge in [-0.05, 0) is 20.8 Å². The molecule has 0 saturated heterocycles. The van der Waals surface area contributed by atoms with Crippen molar-refractivity contribution in [3.05, 3.63) is 24.0 Å². The van der Waals surface area contributed by atoms with Crippen LogP contribution in [0.2, 0.25) is 0 Å². The molecule has 0 aromatic rings. The lowest BCUT2D eigenvalue weighted by molar-refractivity contribution is 1.27. The van der Waals surface area contributed by atoms with Gasteiger partial charge in [-0.15, -0.1) is 0 Å². The van der Waals surface area contributed by atoms with Gasteiger partial charge < -0.3 is 5.73 Å². The molecule has 10 heavy (non-hydrogen) atoms. The highest BCUT2D eigenvalue weighted by atomic mass is 14.7. The highest BCUT2D eigenvalue weighted by molar-refractivity contribution is 5.98. The average Bonchev–Trinajstić information content (AvgIpc) is 1.87. The fourth-order valence-electron chi connectivity index (χ4n) is 0.568. The van der Waals surface area contributed by atoms with Crippen LogP contribution in [-0.2, 0) is 0 Å². The van der Waals surface area contributed by atoms with Crippen molar-refractivity contribution in [1.82, 2.24) is 0 Å². The second kappa shape index (κ2) is 3.88. The largest absolute Gasteiger partial charge is 0.397 e. The molecule has 0 atom stereocenters. The average molecular weight is 138 g/mol. The smallest absolute Gasteiger partial charge is 0.0600 e. The molecular weight excluding hydrogens is 124 g/mol. The molecule has 0 unspecified atom stereocenters. The zero-order valence-electron chi connectivity index (χ0n) is 6.81. The lowest BCUT2D eigenvalue weighted by atomic mass is 10.2. The number of nitrogens with two attached hydrogens (primary N) is 1. The number of allylic oxidation sites excluding steroid dienone is 2. The first-order chi connectivity index (χ1) is 4.59. The number of aliphatic imine (C=N–C) groups is 1. The molecule has 0 bridgehead atoms.